The third-order valence-corrected chi connectivity index (χ3v) is 6.37. The molecule has 2 aromatic heterocycles. The Morgan fingerprint density at radius 3 is 2.59 bits per heavy atom. The molecule has 8 heteroatoms. The van der Waals surface area contributed by atoms with Gasteiger partial charge in [0.05, 0.1) is 16.1 Å². The summed E-state index contributed by atoms with van der Waals surface area (Å²) in [6, 6.07) is 13.9. The molecule has 164 valence electrons. The van der Waals surface area contributed by atoms with Crippen molar-refractivity contribution in [3.05, 3.63) is 74.3 Å². The Morgan fingerprint density at radius 2 is 1.91 bits per heavy atom. The van der Waals surface area contributed by atoms with Gasteiger partial charge >= 0.3 is 0 Å². The first-order chi connectivity index (χ1) is 15.4. The highest BCUT2D eigenvalue weighted by Gasteiger charge is 2.26. The van der Waals surface area contributed by atoms with Crippen LogP contribution in [0.3, 0.4) is 0 Å². The topological polar surface area (TPSA) is 81.4 Å². The first-order valence-electron chi connectivity index (χ1n) is 10.1. The van der Waals surface area contributed by atoms with Crippen molar-refractivity contribution in [3.63, 3.8) is 0 Å². The zero-order valence-electron chi connectivity index (χ0n) is 17.8. The van der Waals surface area contributed by atoms with Crippen LogP contribution in [-0.2, 0) is 4.79 Å². The molecule has 0 spiro atoms. The molecule has 6 nitrogen and oxygen atoms in total. The van der Waals surface area contributed by atoms with E-state index < -0.39 is 6.10 Å². The first kappa shape index (κ1) is 22.0. The number of carbonyl (C=O) groups is 1. The Bertz CT molecular complexity index is 1340. The number of anilines is 1. The van der Waals surface area contributed by atoms with Gasteiger partial charge in [0.25, 0.3) is 5.91 Å². The van der Waals surface area contributed by atoms with Crippen molar-refractivity contribution in [1.29, 1.82) is 0 Å². The fourth-order valence-corrected chi connectivity index (χ4v) is 4.27. The van der Waals surface area contributed by atoms with Crippen molar-refractivity contribution in [2.75, 3.05) is 5.32 Å². The number of para-hydroxylation sites is 1. The van der Waals surface area contributed by atoms with Crippen LogP contribution in [0.25, 0.3) is 22.3 Å². The highest BCUT2D eigenvalue weighted by atomic mass is 35.5. The highest BCUT2D eigenvalue weighted by Crippen LogP contribution is 2.36. The minimum Gasteiger partial charge on any atom is -0.473 e. The van der Waals surface area contributed by atoms with E-state index >= 15 is 0 Å². The van der Waals surface area contributed by atoms with Gasteiger partial charge < -0.3 is 9.15 Å². The molecular weight excluding hydrogens is 448 g/mol. The van der Waals surface area contributed by atoms with Gasteiger partial charge in [0.2, 0.25) is 11.2 Å². The average molecular weight is 469 g/mol. The number of hydrogen-bond acceptors (Lipinski definition) is 6. The molecule has 1 N–H and O–H groups in total. The van der Waals surface area contributed by atoms with Gasteiger partial charge in [0.1, 0.15) is 5.58 Å². The SMILES string of the molecule is CCC(Oc1c(-c2ccccc2Cl)oc2ccccc2c1=O)C(=O)Nc1nc(C)c(C)s1. The van der Waals surface area contributed by atoms with Crippen LogP contribution in [0.15, 0.2) is 57.7 Å². The van der Waals surface area contributed by atoms with Crippen LogP contribution in [0.1, 0.15) is 23.9 Å². The van der Waals surface area contributed by atoms with Crippen molar-refractivity contribution in [1.82, 2.24) is 4.98 Å². The number of thiazole rings is 1. The van der Waals surface area contributed by atoms with Crippen LogP contribution in [0, 0.1) is 13.8 Å². The number of ether oxygens (including phenoxy) is 1. The van der Waals surface area contributed by atoms with Crippen molar-refractivity contribution in [2.45, 2.75) is 33.3 Å². The van der Waals surface area contributed by atoms with Gasteiger partial charge in [-0.25, -0.2) is 4.98 Å². The number of fused-ring (bicyclic) bond motifs is 1. The number of rotatable bonds is 6. The molecule has 0 fully saturated rings. The zero-order chi connectivity index (χ0) is 22.8. The van der Waals surface area contributed by atoms with E-state index in [2.05, 4.69) is 10.3 Å². The van der Waals surface area contributed by atoms with Gasteiger partial charge in [-0.2, -0.15) is 0 Å². The molecule has 1 amide bonds. The molecule has 0 saturated carbocycles. The lowest BCUT2D eigenvalue weighted by molar-refractivity contribution is -0.122. The molecule has 1 atom stereocenters. The van der Waals surface area contributed by atoms with Gasteiger partial charge in [0, 0.05) is 10.4 Å². The summed E-state index contributed by atoms with van der Waals surface area (Å²) in [6.07, 6.45) is -0.589. The second-order valence-electron chi connectivity index (χ2n) is 7.23. The van der Waals surface area contributed by atoms with Crippen molar-refractivity contribution in [3.8, 4) is 17.1 Å². The molecule has 32 heavy (non-hydrogen) atoms. The van der Waals surface area contributed by atoms with Crippen molar-refractivity contribution >= 4 is 44.9 Å². The maximum atomic E-state index is 13.3. The van der Waals surface area contributed by atoms with E-state index in [1.165, 1.54) is 11.3 Å². The van der Waals surface area contributed by atoms with Crippen LogP contribution in [0.2, 0.25) is 5.02 Å². The maximum Gasteiger partial charge on any atom is 0.267 e. The van der Waals surface area contributed by atoms with E-state index in [0.717, 1.165) is 10.6 Å². The lowest BCUT2D eigenvalue weighted by Crippen LogP contribution is -2.34. The summed E-state index contributed by atoms with van der Waals surface area (Å²) in [5.41, 5.74) is 1.41. The van der Waals surface area contributed by atoms with Crippen LogP contribution >= 0.6 is 22.9 Å². The first-order valence-corrected chi connectivity index (χ1v) is 11.3. The number of aryl methyl sites for hydroxylation is 2. The molecule has 2 aromatic carbocycles. The molecule has 1 unspecified atom stereocenters. The zero-order valence-corrected chi connectivity index (χ0v) is 19.3. The van der Waals surface area contributed by atoms with Crippen molar-refractivity contribution in [2.24, 2.45) is 0 Å². The predicted molar refractivity (Wildman–Crippen MR) is 128 cm³/mol. The number of benzene rings is 2. The standard InChI is InChI=1S/C24H21ClN2O4S/c1-4-18(23(29)27-24-26-13(2)14(3)32-24)30-22-20(28)16-10-6-8-12-19(16)31-21(22)15-9-5-7-11-17(15)25/h5-12,18H,4H2,1-3H3,(H,26,27,29). The van der Waals surface area contributed by atoms with Gasteiger partial charge in [-0.05, 0) is 44.5 Å². The summed E-state index contributed by atoms with van der Waals surface area (Å²) in [4.78, 5) is 31.6. The summed E-state index contributed by atoms with van der Waals surface area (Å²) in [6.45, 7) is 5.62. The number of amides is 1. The Hall–Kier alpha value is -3.16. The van der Waals surface area contributed by atoms with E-state index in [4.69, 9.17) is 20.8 Å². The fraction of sp³-hybridized carbons (Fsp3) is 0.208. The summed E-state index contributed by atoms with van der Waals surface area (Å²) in [5, 5.41) is 4.04. The molecule has 0 aliphatic rings. The number of aromatic nitrogens is 1. The van der Waals surface area contributed by atoms with E-state index in [1.54, 1.807) is 55.5 Å². The molecule has 4 aromatic rings. The third-order valence-electron chi connectivity index (χ3n) is 5.06. The van der Waals surface area contributed by atoms with Gasteiger partial charge in [0.15, 0.2) is 17.0 Å². The second-order valence-corrected chi connectivity index (χ2v) is 8.84. The lowest BCUT2D eigenvalue weighted by atomic mass is 10.1. The Balaban J connectivity index is 1.77. The van der Waals surface area contributed by atoms with Crippen molar-refractivity contribution < 1.29 is 13.9 Å². The summed E-state index contributed by atoms with van der Waals surface area (Å²) >= 11 is 7.78. The molecule has 0 saturated heterocycles. The second kappa shape index (κ2) is 9.14. The minimum absolute atomic E-state index is 0.0506. The van der Waals surface area contributed by atoms with Gasteiger partial charge in [-0.3, -0.25) is 14.9 Å². The molecule has 0 aliphatic carbocycles. The van der Waals surface area contributed by atoms with E-state index in [-0.39, 0.29) is 22.8 Å². The maximum absolute atomic E-state index is 13.3. The average Bonchev–Trinajstić information content (AvgIpc) is 3.10. The lowest BCUT2D eigenvalue weighted by Gasteiger charge is -2.18. The smallest absolute Gasteiger partial charge is 0.267 e. The van der Waals surface area contributed by atoms with Crippen LogP contribution < -0.4 is 15.5 Å². The predicted octanol–water partition coefficient (Wildman–Crippen LogP) is 5.98. The Labute approximate surface area is 193 Å². The normalized spacial score (nSPS) is 12.0. The molecule has 2 heterocycles. The van der Waals surface area contributed by atoms with Gasteiger partial charge in [-0.1, -0.05) is 42.8 Å². The summed E-state index contributed by atoms with van der Waals surface area (Å²) < 4.78 is 12.1. The Kier molecular flexibility index (Phi) is 6.30. The van der Waals surface area contributed by atoms with E-state index in [0.29, 0.717) is 33.1 Å². The van der Waals surface area contributed by atoms with Crippen LogP contribution in [0.4, 0.5) is 5.13 Å². The number of halogens is 1. The summed E-state index contributed by atoms with van der Waals surface area (Å²) in [5.74, 6) is -0.254. The quantitative estimate of drug-likeness (QED) is 0.376. The minimum atomic E-state index is -0.926. The molecular formula is C24H21ClN2O4S. The largest absolute Gasteiger partial charge is 0.473 e. The molecule has 0 bridgehead atoms. The fourth-order valence-electron chi connectivity index (χ4n) is 3.23. The number of nitrogens with one attached hydrogen (secondary N) is 1. The van der Waals surface area contributed by atoms with Gasteiger partial charge in [-0.15, -0.1) is 11.3 Å². The third kappa shape index (κ3) is 4.26. The van der Waals surface area contributed by atoms with Crippen LogP contribution in [-0.4, -0.2) is 17.0 Å². The van der Waals surface area contributed by atoms with Crippen LogP contribution in [0.5, 0.6) is 5.75 Å². The Morgan fingerprint density at radius 1 is 1.19 bits per heavy atom. The molecule has 0 radical (unpaired) electrons. The number of hydrogen-bond donors (Lipinski definition) is 1. The summed E-state index contributed by atoms with van der Waals surface area (Å²) in [7, 11) is 0. The van der Waals surface area contributed by atoms with E-state index in [9.17, 15) is 9.59 Å². The monoisotopic (exact) mass is 468 g/mol. The van der Waals surface area contributed by atoms with E-state index in [1.807, 2.05) is 13.8 Å². The molecule has 0 aliphatic heterocycles. The number of carbonyl (C=O) groups excluding carboxylic acids is 1. The number of nitrogens with zero attached hydrogens (tertiary/aromatic N) is 1. The highest BCUT2D eigenvalue weighted by molar-refractivity contribution is 7.15. The molecule has 4 rings (SSSR count).